The molecule has 4 heteroatoms. The fourth-order valence-electron chi connectivity index (χ4n) is 2.92. The predicted octanol–water partition coefficient (Wildman–Crippen LogP) is 3.63. The Kier molecular flexibility index (Phi) is 4.60. The highest BCUT2D eigenvalue weighted by atomic mass is 16.1. The number of benzene rings is 1. The highest BCUT2D eigenvalue weighted by molar-refractivity contribution is 5.90. The standard InChI is InChI=1S/C19H23N3O/c1-14(2)11-19(23)21-17-7-8-18(20-12-17)22-10-9-15-5-3-4-6-16(15)13-22/h3-8,12,14H,9-11,13H2,1-2H3,(H,21,23). The highest BCUT2D eigenvalue weighted by Gasteiger charge is 2.16. The Balaban J connectivity index is 1.65. The van der Waals surface area contributed by atoms with Crippen molar-refractivity contribution < 1.29 is 4.79 Å². The molecule has 0 spiro atoms. The Bertz CT molecular complexity index is 679. The van der Waals surface area contributed by atoms with Gasteiger partial charge in [-0.2, -0.15) is 0 Å². The van der Waals surface area contributed by atoms with E-state index in [0.717, 1.165) is 31.0 Å². The third kappa shape index (κ3) is 3.89. The van der Waals surface area contributed by atoms with Gasteiger partial charge in [-0.15, -0.1) is 0 Å². The van der Waals surface area contributed by atoms with Gasteiger partial charge in [0.15, 0.2) is 0 Å². The van der Waals surface area contributed by atoms with Crippen LogP contribution < -0.4 is 10.2 Å². The molecular formula is C19H23N3O. The summed E-state index contributed by atoms with van der Waals surface area (Å²) in [6.07, 6.45) is 3.32. The minimum Gasteiger partial charge on any atom is -0.352 e. The number of nitrogens with one attached hydrogen (secondary N) is 1. The molecule has 0 aliphatic carbocycles. The molecule has 0 bridgehead atoms. The number of nitrogens with zero attached hydrogens (tertiary/aromatic N) is 2. The molecule has 2 heterocycles. The minimum atomic E-state index is 0.0430. The van der Waals surface area contributed by atoms with Crippen LogP contribution in [-0.4, -0.2) is 17.4 Å². The van der Waals surface area contributed by atoms with E-state index < -0.39 is 0 Å². The lowest BCUT2D eigenvalue weighted by Gasteiger charge is -2.29. The van der Waals surface area contributed by atoms with E-state index >= 15 is 0 Å². The molecule has 120 valence electrons. The molecule has 23 heavy (non-hydrogen) atoms. The second-order valence-corrected chi connectivity index (χ2v) is 6.49. The van der Waals surface area contributed by atoms with Crippen LogP contribution in [0, 0.1) is 5.92 Å². The summed E-state index contributed by atoms with van der Waals surface area (Å²) in [6, 6.07) is 12.5. The van der Waals surface area contributed by atoms with Gasteiger partial charge in [0.25, 0.3) is 0 Å². The Hall–Kier alpha value is -2.36. The molecule has 1 aromatic carbocycles. The van der Waals surface area contributed by atoms with E-state index in [1.165, 1.54) is 11.1 Å². The smallest absolute Gasteiger partial charge is 0.224 e. The van der Waals surface area contributed by atoms with E-state index in [0.29, 0.717) is 12.3 Å². The molecule has 0 fully saturated rings. The number of hydrogen-bond acceptors (Lipinski definition) is 3. The van der Waals surface area contributed by atoms with Gasteiger partial charge in [0.1, 0.15) is 5.82 Å². The predicted molar refractivity (Wildman–Crippen MR) is 93.5 cm³/mol. The van der Waals surface area contributed by atoms with Crippen molar-refractivity contribution in [1.29, 1.82) is 0 Å². The first-order valence-electron chi connectivity index (χ1n) is 8.19. The summed E-state index contributed by atoms with van der Waals surface area (Å²) < 4.78 is 0. The molecule has 0 radical (unpaired) electrons. The number of anilines is 2. The van der Waals surface area contributed by atoms with E-state index in [1.54, 1.807) is 6.20 Å². The first-order chi connectivity index (χ1) is 11.1. The van der Waals surface area contributed by atoms with Crippen LogP contribution in [0.4, 0.5) is 11.5 Å². The average Bonchev–Trinajstić information content (AvgIpc) is 2.54. The highest BCUT2D eigenvalue weighted by Crippen LogP contribution is 2.23. The number of carbonyl (C=O) groups excluding carboxylic acids is 1. The van der Waals surface area contributed by atoms with Crippen LogP contribution >= 0.6 is 0 Å². The van der Waals surface area contributed by atoms with Crippen LogP contribution in [0.3, 0.4) is 0 Å². The maximum absolute atomic E-state index is 11.8. The lowest BCUT2D eigenvalue weighted by atomic mass is 10.00. The molecule has 3 rings (SSSR count). The van der Waals surface area contributed by atoms with Crippen LogP contribution in [-0.2, 0) is 17.8 Å². The Morgan fingerprint density at radius 2 is 2.00 bits per heavy atom. The van der Waals surface area contributed by atoms with Gasteiger partial charge in [-0.25, -0.2) is 4.98 Å². The number of carbonyl (C=O) groups is 1. The zero-order valence-electron chi connectivity index (χ0n) is 13.7. The van der Waals surface area contributed by atoms with Gasteiger partial charge in [-0.1, -0.05) is 38.1 Å². The first kappa shape index (κ1) is 15.5. The van der Waals surface area contributed by atoms with Crippen molar-refractivity contribution in [2.75, 3.05) is 16.8 Å². The maximum Gasteiger partial charge on any atom is 0.224 e. The zero-order chi connectivity index (χ0) is 16.2. The summed E-state index contributed by atoms with van der Waals surface area (Å²) in [6.45, 7) is 5.94. The van der Waals surface area contributed by atoms with Gasteiger partial charge in [-0.05, 0) is 35.6 Å². The van der Waals surface area contributed by atoms with Crippen molar-refractivity contribution in [3.63, 3.8) is 0 Å². The molecular weight excluding hydrogens is 286 g/mol. The number of hydrogen-bond donors (Lipinski definition) is 1. The molecule has 0 unspecified atom stereocenters. The lowest BCUT2D eigenvalue weighted by molar-refractivity contribution is -0.116. The van der Waals surface area contributed by atoms with E-state index in [1.807, 2.05) is 26.0 Å². The number of fused-ring (bicyclic) bond motifs is 1. The minimum absolute atomic E-state index is 0.0430. The van der Waals surface area contributed by atoms with Gasteiger partial charge in [0, 0.05) is 19.5 Å². The second-order valence-electron chi connectivity index (χ2n) is 6.49. The molecule has 1 aliphatic heterocycles. The number of aromatic nitrogens is 1. The maximum atomic E-state index is 11.8. The van der Waals surface area contributed by atoms with Crippen molar-refractivity contribution in [3.05, 3.63) is 53.7 Å². The summed E-state index contributed by atoms with van der Waals surface area (Å²) >= 11 is 0. The van der Waals surface area contributed by atoms with Gasteiger partial charge >= 0.3 is 0 Å². The van der Waals surface area contributed by atoms with Crippen molar-refractivity contribution in [2.24, 2.45) is 5.92 Å². The van der Waals surface area contributed by atoms with Gasteiger partial charge in [-0.3, -0.25) is 4.79 Å². The van der Waals surface area contributed by atoms with Crippen LogP contribution in [0.25, 0.3) is 0 Å². The first-order valence-corrected chi connectivity index (χ1v) is 8.19. The van der Waals surface area contributed by atoms with E-state index in [9.17, 15) is 4.79 Å². The van der Waals surface area contributed by atoms with E-state index in [2.05, 4.69) is 39.5 Å². The van der Waals surface area contributed by atoms with Crippen LogP contribution in [0.5, 0.6) is 0 Å². The third-order valence-corrected chi connectivity index (χ3v) is 4.08. The van der Waals surface area contributed by atoms with Crippen molar-refractivity contribution >= 4 is 17.4 Å². The third-order valence-electron chi connectivity index (χ3n) is 4.08. The average molecular weight is 309 g/mol. The zero-order valence-corrected chi connectivity index (χ0v) is 13.7. The molecule has 4 nitrogen and oxygen atoms in total. The van der Waals surface area contributed by atoms with Crippen molar-refractivity contribution in [1.82, 2.24) is 4.98 Å². The number of rotatable bonds is 4. The number of pyridine rings is 1. The summed E-state index contributed by atoms with van der Waals surface area (Å²) in [5, 5.41) is 2.90. The Morgan fingerprint density at radius 3 is 2.70 bits per heavy atom. The summed E-state index contributed by atoms with van der Waals surface area (Å²) in [5.41, 5.74) is 3.56. The van der Waals surface area contributed by atoms with Crippen molar-refractivity contribution in [3.8, 4) is 0 Å². The SMILES string of the molecule is CC(C)CC(=O)Nc1ccc(N2CCc3ccccc3C2)nc1. The topological polar surface area (TPSA) is 45.2 Å². The van der Waals surface area contributed by atoms with E-state index in [-0.39, 0.29) is 5.91 Å². The van der Waals surface area contributed by atoms with Gasteiger partial charge < -0.3 is 10.2 Å². The van der Waals surface area contributed by atoms with Gasteiger partial charge in [0.2, 0.25) is 5.91 Å². The van der Waals surface area contributed by atoms with Crippen LogP contribution in [0.2, 0.25) is 0 Å². The fourth-order valence-corrected chi connectivity index (χ4v) is 2.92. The molecule has 2 aromatic rings. The Labute approximate surface area is 137 Å². The molecule has 1 aliphatic rings. The molecule has 1 amide bonds. The summed E-state index contributed by atoms with van der Waals surface area (Å²) in [5.74, 6) is 1.36. The molecule has 0 atom stereocenters. The normalized spacial score (nSPS) is 13.8. The second kappa shape index (κ2) is 6.82. The molecule has 0 saturated heterocycles. The quantitative estimate of drug-likeness (QED) is 0.938. The van der Waals surface area contributed by atoms with Gasteiger partial charge in [0.05, 0.1) is 11.9 Å². The lowest BCUT2D eigenvalue weighted by Crippen LogP contribution is -2.30. The number of amides is 1. The molecule has 0 saturated carbocycles. The molecule has 1 aromatic heterocycles. The van der Waals surface area contributed by atoms with Crippen LogP contribution in [0.1, 0.15) is 31.4 Å². The molecule has 1 N–H and O–H groups in total. The van der Waals surface area contributed by atoms with Crippen molar-refractivity contribution in [2.45, 2.75) is 33.2 Å². The monoisotopic (exact) mass is 309 g/mol. The Morgan fingerprint density at radius 1 is 1.22 bits per heavy atom. The summed E-state index contributed by atoms with van der Waals surface area (Å²) in [7, 11) is 0. The van der Waals surface area contributed by atoms with Crippen LogP contribution in [0.15, 0.2) is 42.6 Å². The fraction of sp³-hybridized carbons (Fsp3) is 0.368. The van der Waals surface area contributed by atoms with E-state index in [4.69, 9.17) is 0 Å². The summed E-state index contributed by atoms with van der Waals surface area (Å²) in [4.78, 5) is 18.6. The largest absolute Gasteiger partial charge is 0.352 e.